The molecule has 2 rings (SSSR count). The maximum atomic E-state index is 5.54. The second-order valence-electron chi connectivity index (χ2n) is 6.31. The third kappa shape index (κ3) is 3.87. The molecule has 0 bridgehead atoms. The van der Waals surface area contributed by atoms with Crippen molar-refractivity contribution in [1.82, 2.24) is 4.90 Å². The van der Waals surface area contributed by atoms with E-state index in [4.69, 9.17) is 9.47 Å². The summed E-state index contributed by atoms with van der Waals surface area (Å²) in [6.45, 7) is 3.17. The Morgan fingerprint density at radius 3 is 1.95 bits per heavy atom. The summed E-state index contributed by atoms with van der Waals surface area (Å²) in [5, 5.41) is 0. The van der Waals surface area contributed by atoms with Crippen LogP contribution in [0.25, 0.3) is 0 Å². The molecule has 1 saturated carbocycles. The topological polar surface area (TPSA) is 21.7 Å². The normalized spacial score (nSPS) is 32.4. The van der Waals surface area contributed by atoms with Gasteiger partial charge in [-0.05, 0) is 24.0 Å². The van der Waals surface area contributed by atoms with E-state index in [1.807, 2.05) is 0 Å². The molecule has 0 amide bonds. The standard InChI is InChI=1S/C15H29NO2S/c1-17-13-9-16(10-14(13)18-2)11-15(12-19)7-5-3-4-6-8-15/h13-14,19H,3-12H2,1-2H3. The first-order chi connectivity index (χ1) is 9.23. The Morgan fingerprint density at radius 2 is 1.53 bits per heavy atom. The minimum absolute atomic E-state index is 0.229. The molecule has 1 saturated heterocycles. The monoisotopic (exact) mass is 287 g/mol. The first-order valence-electron chi connectivity index (χ1n) is 7.62. The summed E-state index contributed by atoms with van der Waals surface area (Å²) in [6, 6.07) is 0. The van der Waals surface area contributed by atoms with Crippen molar-refractivity contribution in [2.45, 2.75) is 50.7 Å². The smallest absolute Gasteiger partial charge is 0.0971 e. The van der Waals surface area contributed by atoms with Gasteiger partial charge in [0.2, 0.25) is 0 Å². The zero-order valence-electron chi connectivity index (χ0n) is 12.4. The molecule has 2 fully saturated rings. The van der Waals surface area contributed by atoms with Gasteiger partial charge in [0.05, 0.1) is 12.2 Å². The average Bonchev–Trinajstić information content (AvgIpc) is 2.68. The van der Waals surface area contributed by atoms with Crippen molar-refractivity contribution in [1.29, 1.82) is 0 Å². The molecule has 0 aromatic heterocycles. The van der Waals surface area contributed by atoms with Crippen molar-refractivity contribution < 1.29 is 9.47 Å². The first-order valence-corrected chi connectivity index (χ1v) is 8.25. The Morgan fingerprint density at radius 1 is 1.00 bits per heavy atom. The van der Waals surface area contributed by atoms with Crippen LogP contribution in [-0.2, 0) is 9.47 Å². The molecule has 1 aliphatic carbocycles. The summed E-state index contributed by atoms with van der Waals surface area (Å²) in [6.07, 6.45) is 8.67. The molecule has 1 aliphatic heterocycles. The summed E-state index contributed by atoms with van der Waals surface area (Å²) < 4.78 is 11.1. The van der Waals surface area contributed by atoms with Gasteiger partial charge in [0.15, 0.2) is 0 Å². The van der Waals surface area contributed by atoms with Crippen molar-refractivity contribution >= 4 is 12.6 Å². The number of rotatable bonds is 5. The summed E-state index contributed by atoms with van der Waals surface area (Å²) >= 11 is 4.67. The summed E-state index contributed by atoms with van der Waals surface area (Å²) in [4.78, 5) is 2.53. The number of likely N-dealkylation sites (tertiary alicyclic amines) is 1. The fourth-order valence-corrected chi connectivity index (χ4v) is 4.14. The van der Waals surface area contributed by atoms with Crippen LogP contribution in [0.15, 0.2) is 0 Å². The molecule has 0 radical (unpaired) electrons. The maximum Gasteiger partial charge on any atom is 0.0971 e. The van der Waals surface area contributed by atoms with Gasteiger partial charge in [-0.2, -0.15) is 12.6 Å². The molecule has 112 valence electrons. The van der Waals surface area contributed by atoms with Gasteiger partial charge in [-0.1, -0.05) is 25.7 Å². The predicted molar refractivity (Wildman–Crippen MR) is 82.0 cm³/mol. The second-order valence-corrected chi connectivity index (χ2v) is 6.63. The number of thiol groups is 1. The summed E-state index contributed by atoms with van der Waals surface area (Å²) in [7, 11) is 3.58. The van der Waals surface area contributed by atoms with Gasteiger partial charge in [0, 0.05) is 33.9 Å². The van der Waals surface area contributed by atoms with Gasteiger partial charge >= 0.3 is 0 Å². The Kier molecular flexibility index (Phi) is 6.00. The zero-order chi connectivity index (χ0) is 13.7. The summed E-state index contributed by atoms with van der Waals surface area (Å²) in [5.74, 6) is 1.01. The number of hydrogen-bond donors (Lipinski definition) is 1. The number of hydrogen-bond acceptors (Lipinski definition) is 4. The largest absolute Gasteiger partial charge is 0.377 e. The van der Waals surface area contributed by atoms with Crippen LogP contribution in [-0.4, -0.2) is 56.7 Å². The molecular formula is C15H29NO2S. The molecule has 2 atom stereocenters. The van der Waals surface area contributed by atoms with Crippen LogP contribution in [0, 0.1) is 5.41 Å². The quantitative estimate of drug-likeness (QED) is 0.620. The van der Waals surface area contributed by atoms with E-state index in [0.717, 1.165) is 25.4 Å². The van der Waals surface area contributed by atoms with Crippen LogP contribution in [0.5, 0.6) is 0 Å². The Bertz CT molecular complexity index is 255. The SMILES string of the molecule is COC1CN(CC2(CS)CCCCCC2)CC1OC. The van der Waals surface area contributed by atoms with Crippen molar-refractivity contribution in [3.05, 3.63) is 0 Å². The van der Waals surface area contributed by atoms with Gasteiger partial charge in [0.1, 0.15) is 0 Å². The molecular weight excluding hydrogens is 258 g/mol. The Hall–Kier alpha value is 0.230. The predicted octanol–water partition coefficient (Wildman–Crippen LogP) is 2.60. The molecule has 2 unspecified atom stereocenters. The molecule has 19 heavy (non-hydrogen) atoms. The summed E-state index contributed by atoms with van der Waals surface area (Å²) in [5.41, 5.74) is 0.417. The fourth-order valence-electron chi connectivity index (χ4n) is 3.72. The van der Waals surface area contributed by atoms with E-state index in [1.54, 1.807) is 14.2 Å². The molecule has 0 spiro atoms. The molecule has 2 aliphatic rings. The zero-order valence-corrected chi connectivity index (χ0v) is 13.3. The van der Waals surface area contributed by atoms with E-state index in [9.17, 15) is 0 Å². The molecule has 1 heterocycles. The van der Waals surface area contributed by atoms with Gasteiger partial charge in [-0.3, -0.25) is 4.90 Å². The van der Waals surface area contributed by atoms with Gasteiger partial charge < -0.3 is 9.47 Å². The highest BCUT2D eigenvalue weighted by molar-refractivity contribution is 7.80. The van der Waals surface area contributed by atoms with Crippen LogP contribution in [0.3, 0.4) is 0 Å². The molecule has 0 N–H and O–H groups in total. The first kappa shape index (κ1) is 15.6. The van der Waals surface area contributed by atoms with E-state index < -0.39 is 0 Å². The van der Waals surface area contributed by atoms with Gasteiger partial charge in [-0.15, -0.1) is 0 Å². The van der Waals surface area contributed by atoms with Crippen LogP contribution >= 0.6 is 12.6 Å². The molecule has 0 aromatic rings. The van der Waals surface area contributed by atoms with E-state index in [1.165, 1.54) is 38.5 Å². The van der Waals surface area contributed by atoms with Crippen molar-refractivity contribution in [3.8, 4) is 0 Å². The lowest BCUT2D eigenvalue weighted by atomic mass is 9.82. The van der Waals surface area contributed by atoms with E-state index >= 15 is 0 Å². The highest BCUT2D eigenvalue weighted by atomic mass is 32.1. The van der Waals surface area contributed by atoms with Crippen LogP contribution in [0.1, 0.15) is 38.5 Å². The van der Waals surface area contributed by atoms with Gasteiger partial charge in [0.25, 0.3) is 0 Å². The van der Waals surface area contributed by atoms with Gasteiger partial charge in [-0.25, -0.2) is 0 Å². The van der Waals surface area contributed by atoms with Crippen molar-refractivity contribution in [2.24, 2.45) is 5.41 Å². The lowest BCUT2D eigenvalue weighted by molar-refractivity contribution is -0.00461. The highest BCUT2D eigenvalue weighted by Crippen LogP contribution is 2.37. The van der Waals surface area contributed by atoms with Crippen LogP contribution in [0.4, 0.5) is 0 Å². The van der Waals surface area contributed by atoms with Crippen molar-refractivity contribution in [2.75, 3.05) is 39.6 Å². The highest BCUT2D eigenvalue weighted by Gasteiger charge is 2.38. The van der Waals surface area contributed by atoms with E-state index in [-0.39, 0.29) is 12.2 Å². The third-order valence-electron chi connectivity index (χ3n) is 4.96. The van der Waals surface area contributed by atoms with E-state index in [0.29, 0.717) is 5.41 Å². The molecule has 0 aromatic carbocycles. The maximum absolute atomic E-state index is 5.54. The Labute approximate surface area is 123 Å². The molecule has 4 heteroatoms. The molecule has 3 nitrogen and oxygen atoms in total. The van der Waals surface area contributed by atoms with E-state index in [2.05, 4.69) is 17.5 Å². The fraction of sp³-hybridized carbons (Fsp3) is 1.00. The minimum atomic E-state index is 0.229. The number of nitrogens with zero attached hydrogens (tertiary/aromatic N) is 1. The number of ether oxygens (including phenoxy) is 2. The number of methoxy groups -OCH3 is 2. The average molecular weight is 287 g/mol. The van der Waals surface area contributed by atoms with Crippen LogP contribution < -0.4 is 0 Å². The van der Waals surface area contributed by atoms with Crippen LogP contribution in [0.2, 0.25) is 0 Å². The minimum Gasteiger partial charge on any atom is -0.377 e. The Balaban J connectivity index is 1.95. The van der Waals surface area contributed by atoms with Crippen molar-refractivity contribution in [3.63, 3.8) is 0 Å². The lowest BCUT2D eigenvalue weighted by Crippen LogP contribution is -2.38. The second kappa shape index (κ2) is 7.30. The lowest BCUT2D eigenvalue weighted by Gasteiger charge is -2.35. The third-order valence-corrected chi connectivity index (χ3v) is 5.63.